The fraction of sp³-hybridized carbons (Fsp3) is 0.385. The fourth-order valence-corrected chi connectivity index (χ4v) is 2.34. The van der Waals surface area contributed by atoms with E-state index in [4.69, 9.17) is 11.5 Å². The Morgan fingerprint density at radius 3 is 2.76 bits per heavy atom. The molecule has 0 saturated carbocycles. The van der Waals surface area contributed by atoms with Crippen molar-refractivity contribution in [2.75, 3.05) is 11.4 Å². The van der Waals surface area contributed by atoms with Gasteiger partial charge in [0.15, 0.2) is 0 Å². The summed E-state index contributed by atoms with van der Waals surface area (Å²) in [7, 11) is 0. The molecule has 0 aliphatic carbocycles. The van der Waals surface area contributed by atoms with Gasteiger partial charge in [0.2, 0.25) is 11.8 Å². The molecule has 2 rings (SSSR count). The van der Waals surface area contributed by atoms with Crippen LogP contribution in [0.25, 0.3) is 0 Å². The number of carbonyl (C=O) groups is 2. The number of nitro groups is 1. The molecule has 112 valence electrons. The summed E-state index contributed by atoms with van der Waals surface area (Å²) in [6.45, 7) is -0.0288. The van der Waals surface area contributed by atoms with E-state index in [-0.39, 0.29) is 18.1 Å². The summed E-state index contributed by atoms with van der Waals surface area (Å²) < 4.78 is 0. The maximum Gasteiger partial charge on any atom is 0.269 e. The van der Waals surface area contributed by atoms with Crippen LogP contribution in [0.5, 0.6) is 0 Å². The highest BCUT2D eigenvalue weighted by Crippen LogP contribution is 2.30. The van der Waals surface area contributed by atoms with Crippen LogP contribution in [-0.4, -0.2) is 29.3 Å². The van der Waals surface area contributed by atoms with Crippen molar-refractivity contribution in [3.8, 4) is 0 Å². The number of anilines is 1. The number of carbonyl (C=O) groups excluding carboxylic acids is 2. The molecule has 21 heavy (non-hydrogen) atoms. The normalized spacial score (nSPS) is 16.0. The minimum Gasteiger partial charge on any atom is -0.368 e. The molecule has 1 aliphatic heterocycles. The Labute approximate surface area is 120 Å². The van der Waals surface area contributed by atoms with Gasteiger partial charge in [0, 0.05) is 24.2 Å². The lowest BCUT2D eigenvalue weighted by Crippen LogP contribution is -2.48. The summed E-state index contributed by atoms with van der Waals surface area (Å²) in [5.74, 6) is -0.866. The third-order valence-corrected chi connectivity index (χ3v) is 3.45. The molecule has 2 amide bonds. The SMILES string of the molecule is NC(=O)C(N)CN1C(=O)CCCc2cc([N+](=O)[O-])ccc21. The second-order valence-corrected chi connectivity index (χ2v) is 4.94. The number of hydrogen-bond donors (Lipinski definition) is 2. The van der Waals surface area contributed by atoms with Crippen LogP contribution in [-0.2, 0) is 16.0 Å². The van der Waals surface area contributed by atoms with Crippen molar-refractivity contribution in [2.24, 2.45) is 11.5 Å². The first-order valence-electron chi connectivity index (χ1n) is 6.52. The first-order chi connectivity index (χ1) is 9.90. The maximum absolute atomic E-state index is 12.1. The number of nitrogens with two attached hydrogens (primary N) is 2. The first-order valence-corrected chi connectivity index (χ1v) is 6.52. The molecule has 1 aromatic rings. The average Bonchev–Trinajstić information content (AvgIpc) is 2.58. The van der Waals surface area contributed by atoms with Crippen molar-refractivity contribution in [1.82, 2.24) is 0 Å². The maximum atomic E-state index is 12.1. The second kappa shape index (κ2) is 5.88. The zero-order valence-corrected chi connectivity index (χ0v) is 11.3. The Kier molecular flexibility index (Phi) is 4.18. The van der Waals surface area contributed by atoms with E-state index in [1.165, 1.54) is 23.1 Å². The fourth-order valence-electron chi connectivity index (χ4n) is 2.34. The molecule has 4 N–H and O–H groups in total. The third-order valence-electron chi connectivity index (χ3n) is 3.45. The summed E-state index contributed by atoms with van der Waals surface area (Å²) >= 11 is 0. The van der Waals surface area contributed by atoms with Gasteiger partial charge in [-0.1, -0.05) is 0 Å². The quantitative estimate of drug-likeness (QED) is 0.598. The van der Waals surface area contributed by atoms with Crippen molar-refractivity contribution < 1.29 is 14.5 Å². The summed E-state index contributed by atoms with van der Waals surface area (Å²) in [5.41, 5.74) is 12.0. The molecule has 0 saturated heterocycles. The highest BCUT2D eigenvalue weighted by atomic mass is 16.6. The summed E-state index contributed by atoms with van der Waals surface area (Å²) in [4.78, 5) is 35.0. The van der Waals surface area contributed by atoms with Crippen LogP contribution in [0.3, 0.4) is 0 Å². The molecule has 8 nitrogen and oxygen atoms in total. The predicted octanol–water partition coefficient (Wildman–Crippen LogP) is 0.0767. The van der Waals surface area contributed by atoms with Crippen LogP contribution >= 0.6 is 0 Å². The van der Waals surface area contributed by atoms with E-state index in [9.17, 15) is 19.7 Å². The van der Waals surface area contributed by atoms with E-state index in [1.807, 2.05) is 0 Å². The lowest BCUT2D eigenvalue weighted by atomic mass is 10.1. The van der Waals surface area contributed by atoms with Gasteiger partial charge in [-0.2, -0.15) is 0 Å². The van der Waals surface area contributed by atoms with E-state index < -0.39 is 16.9 Å². The van der Waals surface area contributed by atoms with Gasteiger partial charge in [-0.05, 0) is 24.5 Å². The van der Waals surface area contributed by atoms with Gasteiger partial charge in [-0.3, -0.25) is 19.7 Å². The number of hydrogen-bond acceptors (Lipinski definition) is 5. The number of amides is 2. The van der Waals surface area contributed by atoms with Crippen molar-refractivity contribution in [1.29, 1.82) is 0 Å². The highest BCUT2D eigenvalue weighted by molar-refractivity contribution is 5.96. The number of primary amides is 1. The van der Waals surface area contributed by atoms with Crippen LogP contribution in [0.2, 0.25) is 0 Å². The molecule has 1 aromatic carbocycles. The van der Waals surface area contributed by atoms with Crippen LogP contribution in [0, 0.1) is 10.1 Å². The van der Waals surface area contributed by atoms with Gasteiger partial charge < -0.3 is 16.4 Å². The van der Waals surface area contributed by atoms with E-state index in [1.54, 1.807) is 0 Å². The number of benzene rings is 1. The molecular formula is C13H16N4O4. The van der Waals surface area contributed by atoms with Gasteiger partial charge in [-0.25, -0.2) is 0 Å². The Morgan fingerprint density at radius 1 is 1.43 bits per heavy atom. The number of nitrogens with zero attached hydrogens (tertiary/aromatic N) is 2. The standard InChI is InChI=1S/C13H16N4O4/c14-10(13(15)19)7-16-11-5-4-9(17(20)21)6-8(11)2-1-3-12(16)18/h4-6,10H,1-3,7,14H2,(H2,15,19). The molecule has 0 bridgehead atoms. The van der Waals surface area contributed by atoms with Crippen molar-refractivity contribution in [2.45, 2.75) is 25.3 Å². The van der Waals surface area contributed by atoms with E-state index in [0.717, 1.165) is 0 Å². The minimum atomic E-state index is -0.977. The van der Waals surface area contributed by atoms with Crippen LogP contribution in [0.1, 0.15) is 18.4 Å². The van der Waals surface area contributed by atoms with E-state index in [0.29, 0.717) is 30.5 Å². The second-order valence-electron chi connectivity index (χ2n) is 4.94. The summed E-state index contributed by atoms with van der Waals surface area (Å²) in [6.07, 6.45) is 1.45. The number of nitro benzene ring substituents is 1. The Morgan fingerprint density at radius 2 is 2.14 bits per heavy atom. The van der Waals surface area contributed by atoms with Gasteiger partial charge in [-0.15, -0.1) is 0 Å². The minimum absolute atomic E-state index is 0.0257. The number of non-ortho nitro benzene ring substituents is 1. The van der Waals surface area contributed by atoms with Gasteiger partial charge in [0.1, 0.15) is 6.04 Å². The first kappa shape index (κ1) is 14.9. The molecule has 1 atom stereocenters. The molecule has 0 aromatic heterocycles. The van der Waals surface area contributed by atoms with Crippen molar-refractivity contribution in [3.63, 3.8) is 0 Å². The lowest BCUT2D eigenvalue weighted by molar-refractivity contribution is -0.384. The topological polar surface area (TPSA) is 133 Å². The molecule has 0 fully saturated rings. The summed E-state index contributed by atoms with van der Waals surface area (Å²) in [5, 5.41) is 10.8. The number of aryl methyl sites for hydroxylation is 1. The smallest absolute Gasteiger partial charge is 0.269 e. The Hall–Kier alpha value is -2.48. The van der Waals surface area contributed by atoms with Gasteiger partial charge in [0.05, 0.1) is 11.5 Å². The Balaban J connectivity index is 2.39. The van der Waals surface area contributed by atoms with Crippen molar-refractivity contribution in [3.05, 3.63) is 33.9 Å². The molecular weight excluding hydrogens is 276 g/mol. The molecule has 8 heteroatoms. The van der Waals surface area contributed by atoms with Crippen molar-refractivity contribution >= 4 is 23.2 Å². The Bertz CT molecular complexity index is 602. The number of fused-ring (bicyclic) bond motifs is 1. The third kappa shape index (κ3) is 3.16. The molecule has 0 radical (unpaired) electrons. The molecule has 1 unspecified atom stereocenters. The predicted molar refractivity (Wildman–Crippen MR) is 75.6 cm³/mol. The van der Waals surface area contributed by atoms with E-state index in [2.05, 4.69) is 0 Å². The van der Waals surface area contributed by atoms with E-state index >= 15 is 0 Å². The zero-order valence-electron chi connectivity index (χ0n) is 11.3. The molecule has 1 heterocycles. The van der Waals surface area contributed by atoms with Crippen LogP contribution < -0.4 is 16.4 Å². The van der Waals surface area contributed by atoms with Gasteiger partial charge in [0.25, 0.3) is 5.69 Å². The average molecular weight is 292 g/mol. The summed E-state index contributed by atoms with van der Waals surface area (Å²) in [6, 6.07) is 3.33. The van der Waals surface area contributed by atoms with Crippen LogP contribution in [0.15, 0.2) is 18.2 Å². The monoisotopic (exact) mass is 292 g/mol. The molecule has 1 aliphatic rings. The van der Waals surface area contributed by atoms with Gasteiger partial charge >= 0.3 is 0 Å². The largest absolute Gasteiger partial charge is 0.368 e. The number of rotatable bonds is 4. The molecule has 0 spiro atoms. The lowest BCUT2D eigenvalue weighted by Gasteiger charge is -2.25. The van der Waals surface area contributed by atoms with Crippen LogP contribution in [0.4, 0.5) is 11.4 Å². The zero-order chi connectivity index (χ0) is 15.6. The highest BCUT2D eigenvalue weighted by Gasteiger charge is 2.26.